The summed E-state index contributed by atoms with van der Waals surface area (Å²) >= 11 is 1.25. The zero-order valence-corrected chi connectivity index (χ0v) is 20.5. The van der Waals surface area contributed by atoms with Crippen LogP contribution in [0.4, 0.5) is 0 Å². The van der Waals surface area contributed by atoms with Gasteiger partial charge in [0.2, 0.25) is 4.80 Å². The second kappa shape index (κ2) is 8.62. The van der Waals surface area contributed by atoms with Crippen LogP contribution in [0.2, 0.25) is 0 Å². The van der Waals surface area contributed by atoms with Gasteiger partial charge in [0, 0.05) is 16.3 Å². The minimum atomic E-state index is -3.95. The van der Waals surface area contributed by atoms with Crippen molar-refractivity contribution < 1.29 is 17.6 Å². The zero-order chi connectivity index (χ0) is 23.9. The largest absolute Gasteiger partial charge is 0.495 e. The Kier molecular flexibility index (Phi) is 5.63. The van der Waals surface area contributed by atoms with Crippen molar-refractivity contribution in [3.05, 3.63) is 94.3 Å². The van der Waals surface area contributed by atoms with Crippen LogP contribution in [0.5, 0.6) is 5.75 Å². The highest BCUT2D eigenvalue weighted by molar-refractivity contribution is 7.90. The summed E-state index contributed by atoms with van der Waals surface area (Å²) in [6.45, 7) is 3.66. The number of thiazole rings is 1. The number of ether oxygens (including phenoxy) is 1. The average Bonchev–Trinajstić information content (AvgIpc) is 3.37. The van der Waals surface area contributed by atoms with Gasteiger partial charge in [0.15, 0.2) is 0 Å². The molecule has 0 unspecified atom stereocenters. The normalized spacial score (nSPS) is 12.4. The van der Waals surface area contributed by atoms with Gasteiger partial charge < -0.3 is 9.15 Å². The molecular weight excluding hydrogens is 468 g/mol. The molecule has 5 aromatic rings. The van der Waals surface area contributed by atoms with Crippen LogP contribution in [0.15, 0.2) is 91.9 Å². The molecule has 0 radical (unpaired) electrons. The number of rotatable bonds is 5. The van der Waals surface area contributed by atoms with Gasteiger partial charge in [-0.05, 0) is 43.7 Å². The monoisotopic (exact) mass is 490 g/mol. The number of para-hydroxylation sites is 3. The van der Waals surface area contributed by atoms with Crippen molar-refractivity contribution in [1.29, 1.82) is 0 Å². The molecule has 2 aromatic heterocycles. The zero-order valence-electron chi connectivity index (χ0n) is 18.8. The van der Waals surface area contributed by atoms with Gasteiger partial charge in [0.25, 0.3) is 10.0 Å². The Labute approximate surface area is 201 Å². The Morgan fingerprint density at radius 1 is 0.941 bits per heavy atom. The third-order valence-corrected chi connectivity index (χ3v) is 8.00. The standard InChI is InChI=1S/C26H22N2O4S2/c1-17-10-4-9-15-24(17)34(29,30)27-26-28(20-12-6-8-14-23(20)31-3)21(16-33-26)25-18(2)32-22-13-7-5-11-19(22)25/h4-16H,1-3H3/b27-26-. The lowest BCUT2D eigenvalue weighted by Gasteiger charge is -2.13. The van der Waals surface area contributed by atoms with Gasteiger partial charge in [-0.1, -0.05) is 48.5 Å². The first-order chi connectivity index (χ1) is 16.4. The van der Waals surface area contributed by atoms with Crippen molar-refractivity contribution in [2.45, 2.75) is 18.7 Å². The van der Waals surface area contributed by atoms with E-state index >= 15 is 0 Å². The first-order valence-electron chi connectivity index (χ1n) is 10.6. The van der Waals surface area contributed by atoms with Crippen LogP contribution < -0.4 is 9.54 Å². The lowest BCUT2D eigenvalue weighted by Crippen LogP contribution is -2.17. The fraction of sp³-hybridized carbons (Fsp3) is 0.115. The summed E-state index contributed by atoms with van der Waals surface area (Å²) in [5.74, 6) is 1.33. The summed E-state index contributed by atoms with van der Waals surface area (Å²) in [6.07, 6.45) is 0. The Balaban J connectivity index is 1.85. The topological polar surface area (TPSA) is 73.8 Å². The molecule has 6 nitrogen and oxygen atoms in total. The van der Waals surface area contributed by atoms with Gasteiger partial charge in [0.05, 0.1) is 23.4 Å². The first kappa shape index (κ1) is 22.2. The molecule has 0 saturated heterocycles. The minimum absolute atomic E-state index is 0.182. The van der Waals surface area contributed by atoms with E-state index in [2.05, 4.69) is 4.40 Å². The third kappa shape index (κ3) is 3.74. The summed E-state index contributed by atoms with van der Waals surface area (Å²) in [6, 6.07) is 22.1. The van der Waals surface area contributed by atoms with E-state index < -0.39 is 10.0 Å². The smallest absolute Gasteiger partial charge is 0.285 e. The lowest BCUT2D eigenvalue weighted by atomic mass is 10.1. The second-order valence-electron chi connectivity index (χ2n) is 7.77. The number of hydrogen-bond donors (Lipinski definition) is 0. The van der Waals surface area contributed by atoms with E-state index in [1.807, 2.05) is 65.4 Å². The third-order valence-electron chi connectivity index (χ3n) is 5.63. The number of sulfonamides is 1. The summed E-state index contributed by atoms with van der Waals surface area (Å²) in [5, 5.41) is 2.85. The van der Waals surface area contributed by atoms with Crippen molar-refractivity contribution in [3.8, 4) is 22.7 Å². The second-order valence-corrected chi connectivity index (χ2v) is 10.2. The summed E-state index contributed by atoms with van der Waals surface area (Å²) in [5.41, 5.74) is 3.75. The molecule has 0 aliphatic heterocycles. The first-order valence-corrected chi connectivity index (χ1v) is 12.9. The van der Waals surface area contributed by atoms with Crippen LogP contribution in [-0.2, 0) is 10.0 Å². The molecule has 2 heterocycles. The van der Waals surface area contributed by atoms with E-state index in [9.17, 15) is 8.42 Å². The molecule has 0 N–H and O–H groups in total. The van der Waals surface area contributed by atoms with Crippen molar-refractivity contribution in [3.63, 3.8) is 0 Å². The van der Waals surface area contributed by atoms with Crippen molar-refractivity contribution in [1.82, 2.24) is 4.57 Å². The van der Waals surface area contributed by atoms with Gasteiger partial charge in [0.1, 0.15) is 17.1 Å². The van der Waals surface area contributed by atoms with E-state index in [4.69, 9.17) is 9.15 Å². The number of nitrogens with zero attached hydrogens (tertiary/aromatic N) is 2. The maximum Gasteiger partial charge on any atom is 0.285 e. The van der Waals surface area contributed by atoms with E-state index in [0.717, 1.165) is 28.0 Å². The lowest BCUT2D eigenvalue weighted by molar-refractivity contribution is 0.413. The fourth-order valence-corrected chi connectivity index (χ4v) is 6.40. The van der Waals surface area contributed by atoms with Crippen LogP contribution in [-0.4, -0.2) is 20.1 Å². The number of methoxy groups -OCH3 is 1. The maximum absolute atomic E-state index is 13.3. The predicted molar refractivity (Wildman–Crippen MR) is 134 cm³/mol. The molecule has 0 bridgehead atoms. The van der Waals surface area contributed by atoms with E-state index in [0.29, 0.717) is 21.8 Å². The number of aryl methyl sites for hydroxylation is 2. The summed E-state index contributed by atoms with van der Waals surface area (Å²) in [7, 11) is -2.36. The highest BCUT2D eigenvalue weighted by Gasteiger charge is 2.22. The van der Waals surface area contributed by atoms with Gasteiger partial charge in [-0.25, -0.2) is 0 Å². The van der Waals surface area contributed by atoms with Crippen molar-refractivity contribution in [2.24, 2.45) is 4.40 Å². The molecule has 0 fully saturated rings. The summed E-state index contributed by atoms with van der Waals surface area (Å²) < 4.78 is 44.4. The number of furan rings is 1. The van der Waals surface area contributed by atoms with Crippen LogP contribution in [0, 0.1) is 13.8 Å². The molecule has 0 atom stereocenters. The molecule has 3 aromatic carbocycles. The van der Waals surface area contributed by atoms with Gasteiger partial charge in [-0.15, -0.1) is 15.7 Å². The molecule has 0 amide bonds. The van der Waals surface area contributed by atoms with E-state index in [-0.39, 0.29) is 4.90 Å². The molecule has 0 aliphatic rings. The highest BCUT2D eigenvalue weighted by Crippen LogP contribution is 2.37. The van der Waals surface area contributed by atoms with Gasteiger partial charge >= 0.3 is 0 Å². The molecule has 34 heavy (non-hydrogen) atoms. The van der Waals surface area contributed by atoms with Crippen LogP contribution in [0.1, 0.15) is 11.3 Å². The predicted octanol–water partition coefficient (Wildman–Crippen LogP) is 5.87. The van der Waals surface area contributed by atoms with Gasteiger partial charge in [-0.2, -0.15) is 8.42 Å². The molecule has 172 valence electrons. The van der Waals surface area contributed by atoms with E-state index in [1.165, 1.54) is 11.3 Å². The van der Waals surface area contributed by atoms with Crippen LogP contribution in [0.25, 0.3) is 27.9 Å². The minimum Gasteiger partial charge on any atom is -0.495 e. The maximum atomic E-state index is 13.3. The summed E-state index contributed by atoms with van der Waals surface area (Å²) in [4.78, 5) is 0.494. The average molecular weight is 491 g/mol. The molecule has 8 heteroatoms. The van der Waals surface area contributed by atoms with Crippen molar-refractivity contribution in [2.75, 3.05) is 7.11 Å². The molecule has 5 rings (SSSR count). The Bertz CT molecular complexity index is 1690. The number of aromatic nitrogens is 1. The van der Waals surface area contributed by atoms with Crippen LogP contribution >= 0.6 is 11.3 Å². The SMILES string of the molecule is COc1ccccc1-n1c(-c2c(C)oc3ccccc23)cs/c1=N\S(=O)(=O)c1ccccc1C. The molecule has 0 saturated carbocycles. The number of benzene rings is 3. The quantitative estimate of drug-likeness (QED) is 0.309. The molecular formula is C26H22N2O4S2. The van der Waals surface area contributed by atoms with Gasteiger partial charge in [-0.3, -0.25) is 4.57 Å². The highest BCUT2D eigenvalue weighted by atomic mass is 32.2. The van der Waals surface area contributed by atoms with Crippen molar-refractivity contribution >= 4 is 32.3 Å². The van der Waals surface area contributed by atoms with Crippen LogP contribution in [0.3, 0.4) is 0 Å². The molecule has 0 aliphatic carbocycles. The Morgan fingerprint density at radius 3 is 2.44 bits per heavy atom. The number of fused-ring (bicyclic) bond motifs is 1. The molecule has 0 spiro atoms. The van der Waals surface area contributed by atoms with E-state index in [1.54, 1.807) is 38.3 Å². The number of hydrogen-bond acceptors (Lipinski definition) is 5. The fourth-order valence-electron chi connectivity index (χ4n) is 4.08. The Hall–Kier alpha value is -3.62. The Morgan fingerprint density at radius 2 is 1.65 bits per heavy atom.